The van der Waals surface area contributed by atoms with E-state index in [9.17, 15) is 9.18 Å². The summed E-state index contributed by atoms with van der Waals surface area (Å²) in [6.07, 6.45) is 1.22. The Labute approximate surface area is 196 Å². The van der Waals surface area contributed by atoms with Gasteiger partial charge in [0, 0.05) is 43.1 Å². The summed E-state index contributed by atoms with van der Waals surface area (Å²) < 4.78 is 18.8. The summed E-state index contributed by atoms with van der Waals surface area (Å²) in [6, 6.07) is 13.8. The number of ether oxygens (including phenoxy) is 1. The summed E-state index contributed by atoms with van der Waals surface area (Å²) in [5.74, 6) is 0.615. The van der Waals surface area contributed by atoms with E-state index in [4.69, 9.17) is 16.3 Å². The van der Waals surface area contributed by atoms with Gasteiger partial charge in [-0.15, -0.1) is 11.3 Å². The number of hydrogen-bond acceptors (Lipinski definition) is 5. The van der Waals surface area contributed by atoms with Gasteiger partial charge >= 0.3 is 0 Å². The topological polar surface area (TPSA) is 45.7 Å². The number of carbonyl (C=O) groups is 1. The van der Waals surface area contributed by atoms with Gasteiger partial charge in [-0.1, -0.05) is 23.7 Å². The number of rotatable bonds is 7. The largest absolute Gasteiger partial charge is 0.486 e. The number of nitrogens with zero attached hydrogens (tertiary/aromatic N) is 3. The zero-order chi connectivity index (χ0) is 22.3. The lowest BCUT2D eigenvalue weighted by Gasteiger charge is -2.22. The number of halogens is 2. The smallest absolute Gasteiger partial charge is 0.228 e. The Morgan fingerprint density at radius 2 is 1.84 bits per heavy atom. The number of aromatic nitrogens is 1. The second kappa shape index (κ2) is 10.9. The molecule has 0 bridgehead atoms. The molecule has 4 rings (SSSR count). The van der Waals surface area contributed by atoms with E-state index in [1.807, 2.05) is 34.5 Å². The van der Waals surface area contributed by atoms with Crippen LogP contribution >= 0.6 is 22.9 Å². The molecule has 2 heterocycles. The number of carbonyl (C=O) groups excluding carboxylic acids is 1. The highest BCUT2D eigenvalue weighted by Crippen LogP contribution is 2.19. The highest BCUT2D eigenvalue weighted by atomic mass is 35.5. The Bertz CT molecular complexity index is 1030. The molecule has 3 aromatic rings. The zero-order valence-corrected chi connectivity index (χ0v) is 19.2. The fourth-order valence-corrected chi connectivity index (χ4v) is 4.50. The average molecular weight is 474 g/mol. The molecule has 1 amide bonds. The molecule has 8 heteroatoms. The van der Waals surface area contributed by atoms with Crippen molar-refractivity contribution in [2.24, 2.45) is 0 Å². The van der Waals surface area contributed by atoms with Gasteiger partial charge in [-0.3, -0.25) is 9.69 Å². The van der Waals surface area contributed by atoms with Crippen LogP contribution in [0.5, 0.6) is 5.75 Å². The van der Waals surface area contributed by atoms with Crippen LogP contribution in [-0.4, -0.2) is 46.9 Å². The third kappa shape index (κ3) is 6.51. The van der Waals surface area contributed by atoms with Crippen molar-refractivity contribution in [2.75, 3.05) is 26.2 Å². The number of benzene rings is 2. The number of thiazole rings is 1. The summed E-state index contributed by atoms with van der Waals surface area (Å²) >= 11 is 7.39. The molecular formula is C24H25ClFN3O2S. The third-order valence-corrected chi connectivity index (χ3v) is 6.49. The molecule has 1 aliphatic rings. The number of amides is 1. The molecular weight excluding hydrogens is 449 g/mol. The van der Waals surface area contributed by atoms with Crippen molar-refractivity contribution in [3.05, 3.63) is 81.0 Å². The minimum absolute atomic E-state index is 0.101. The molecule has 1 fully saturated rings. The Balaban J connectivity index is 1.25. The quantitative estimate of drug-likeness (QED) is 0.495. The summed E-state index contributed by atoms with van der Waals surface area (Å²) in [4.78, 5) is 21.6. The SMILES string of the molecule is O=C(Cc1csc(COc2ccc(Cl)cc2)n1)N1CCCN(Cc2ccc(F)cc2)CC1. The van der Waals surface area contributed by atoms with Gasteiger partial charge < -0.3 is 9.64 Å². The molecule has 0 radical (unpaired) electrons. The van der Waals surface area contributed by atoms with E-state index in [1.54, 1.807) is 12.1 Å². The normalized spacial score (nSPS) is 14.9. The first-order valence-corrected chi connectivity index (χ1v) is 11.9. The van der Waals surface area contributed by atoms with Crippen molar-refractivity contribution in [1.82, 2.24) is 14.8 Å². The standard InChI is InChI=1S/C24H25ClFN3O2S/c25-19-4-8-22(9-5-19)31-16-23-27-21(17-32-23)14-24(30)29-11-1-10-28(12-13-29)15-18-2-6-20(26)7-3-18/h2-9,17H,1,10-16H2. The van der Waals surface area contributed by atoms with E-state index >= 15 is 0 Å². The Morgan fingerprint density at radius 1 is 1.06 bits per heavy atom. The van der Waals surface area contributed by atoms with E-state index in [-0.39, 0.29) is 11.7 Å². The van der Waals surface area contributed by atoms with E-state index < -0.39 is 0 Å². The minimum atomic E-state index is -0.219. The first kappa shape index (κ1) is 22.7. The van der Waals surface area contributed by atoms with Crippen LogP contribution in [0, 0.1) is 5.82 Å². The molecule has 1 saturated heterocycles. The molecule has 5 nitrogen and oxygen atoms in total. The van der Waals surface area contributed by atoms with Gasteiger partial charge in [-0.25, -0.2) is 9.37 Å². The summed E-state index contributed by atoms with van der Waals surface area (Å²) in [5.41, 5.74) is 1.86. The first-order chi connectivity index (χ1) is 15.5. The van der Waals surface area contributed by atoms with Gasteiger partial charge in [-0.05, 0) is 48.4 Å². The predicted molar refractivity (Wildman–Crippen MR) is 124 cm³/mol. The van der Waals surface area contributed by atoms with Crippen LogP contribution in [0.4, 0.5) is 4.39 Å². The van der Waals surface area contributed by atoms with Gasteiger partial charge in [0.15, 0.2) is 0 Å². The predicted octanol–water partition coefficient (Wildman–Crippen LogP) is 4.79. The van der Waals surface area contributed by atoms with Gasteiger partial charge in [0.05, 0.1) is 12.1 Å². The van der Waals surface area contributed by atoms with Crippen LogP contribution < -0.4 is 4.74 Å². The molecule has 0 spiro atoms. The maximum Gasteiger partial charge on any atom is 0.228 e. The summed E-state index contributed by atoms with van der Waals surface area (Å²) in [7, 11) is 0. The molecule has 0 N–H and O–H groups in total. The minimum Gasteiger partial charge on any atom is -0.486 e. The highest BCUT2D eigenvalue weighted by Gasteiger charge is 2.20. The van der Waals surface area contributed by atoms with Crippen molar-refractivity contribution >= 4 is 28.8 Å². The molecule has 0 aliphatic carbocycles. The monoisotopic (exact) mass is 473 g/mol. The second-order valence-electron chi connectivity index (χ2n) is 7.79. The van der Waals surface area contributed by atoms with Gasteiger partial charge in [0.2, 0.25) is 5.91 Å². The summed E-state index contributed by atoms with van der Waals surface area (Å²) in [6.45, 7) is 4.30. The van der Waals surface area contributed by atoms with Gasteiger partial charge in [0.1, 0.15) is 23.2 Å². The fraction of sp³-hybridized carbons (Fsp3) is 0.333. The molecule has 1 aliphatic heterocycles. The van der Waals surface area contributed by atoms with Crippen LogP contribution in [-0.2, 0) is 24.4 Å². The zero-order valence-electron chi connectivity index (χ0n) is 17.7. The van der Waals surface area contributed by atoms with Crippen molar-refractivity contribution < 1.29 is 13.9 Å². The van der Waals surface area contributed by atoms with E-state index in [0.717, 1.165) is 54.6 Å². The maximum atomic E-state index is 13.1. The van der Waals surface area contributed by atoms with Gasteiger partial charge in [0.25, 0.3) is 0 Å². The van der Waals surface area contributed by atoms with Crippen LogP contribution in [0.3, 0.4) is 0 Å². The highest BCUT2D eigenvalue weighted by molar-refractivity contribution is 7.09. The molecule has 0 atom stereocenters. The van der Waals surface area contributed by atoms with Crippen molar-refractivity contribution in [3.8, 4) is 5.75 Å². The van der Waals surface area contributed by atoms with E-state index in [2.05, 4.69) is 9.88 Å². The van der Waals surface area contributed by atoms with E-state index in [0.29, 0.717) is 24.6 Å². The van der Waals surface area contributed by atoms with E-state index in [1.165, 1.54) is 23.5 Å². The van der Waals surface area contributed by atoms with Gasteiger partial charge in [-0.2, -0.15) is 0 Å². The molecule has 1 aromatic heterocycles. The Hall–Kier alpha value is -2.48. The van der Waals surface area contributed by atoms with Crippen LogP contribution in [0.1, 0.15) is 22.7 Å². The molecule has 0 unspecified atom stereocenters. The molecule has 32 heavy (non-hydrogen) atoms. The molecule has 168 valence electrons. The lowest BCUT2D eigenvalue weighted by molar-refractivity contribution is -0.130. The van der Waals surface area contributed by atoms with Crippen molar-refractivity contribution in [1.29, 1.82) is 0 Å². The summed E-state index contributed by atoms with van der Waals surface area (Å²) in [5, 5.41) is 3.43. The fourth-order valence-electron chi connectivity index (χ4n) is 3.67. The average Bonchev–Trinajstić information content (AvgIpc) is 3.10. The lowest BCUT2D eigenvalue weighted by atomic mass is 10.2. The Morgan fingerprint density at radius 3 is 2.62 bits per heavy atom. The Kier molecular flexibility index (Phi) is 7.73. The number of hydrogen-bond donors (Lipinski definition) is 0. The first-order valence-electron chi connectivity index (χ1n) is 10.6. The van der Waals surface area contributed by atoms with Crippen LogP contribution in [0.25, 0.3) is 0 Å². The van der Waals surface area contributed by atoms with Crippen LogP contribution in [0.2, 0.25) is 5.02 Å². The molecule has 2 aromatic carbocycles. The lowest BCUT2D eigenvalue weighted by Crippen LogP contribution is -2.36. The van der Waals surface area contributed by atoms with Crippen LogP contribution in [0.15, 0.2) is 53.9 Å². The van der Waals surface area contributed by atoms with Crippen molar-refractivity contribution in [3.63, 3.8) is 0 Å². The third-order valence-electron chi connectivity index (χ3n) is 5.37. The van der Waals surface area contributed by atoms with Crippen molar-refractivity contribution in [2.45, 2.75) is 26.0 Å². The molecule has 0 saturated carbocycles. The maximum absolute atomic E-state index is 13.1. The second-order valence-corrected chi connectivity index (χ2v) is 9.17.